The van der Waals surface area contributed by atoms with Gasteiger partial charge in [0.25, 0.3) is 0 Å². The van der Waals surface area contributed by atoms with Crippen LogP contribution in [-0.2, 0) is 11.3 Å². The van der Waals surface area contributed by atoms with E-state index in [2.05, 4.69) is 0 Å². The van der Waals surface area contributed by atoms with E-state index in [-0.39, 0.29) is 17.8 Å². The summed E-state index contributed by atoms with van der Waals surface area (Å²) in [5, 5.41) is 0. The van der Waals surface area contributed by atoms with Crippen molar-refractivity contribution in [3.8, 4) is 0 Å². The summed E-state index contributed by atoms with van der Waals surface area (Å²) >= 11 is 0. The molecule has 3 nitrogen and oxygen atoms in total. The van der Waals surface area contributed by atoms with Gasteiger partial charge < -0.3 is 15.4 Å². The minimum atomic E-state index is -0.858. The molecule has 96 valence electrons. The summed E-state index contributed by atoms with van der Waals surface area (Å²) in [5.74, 6) is -1.70. The second kappa shape index (κ2) is 6.51. The average Bonchev–Trinajstić information content (AvgIpc) is 2.32. The topological polar surface area (TPSA) is 38.5 Å². The molecule has 0 fully saturated rings. The molecule has 0 heterocycles. The molecule has 0 amide bonds. The maximum absolute atomic E-state index is 13.7. The van der Waals surface area contributed by atoms with E-state index in [1.165, 1.54) is 6.07 Å². The molecule has 0 aliphatic heterocycles. The van der Waals surface area contributed by atoms with Gasteiger partial charge in [-0.05, 0) is 12.5 Å². The number of hydrogen-bond acceptors (Lipinski definition) is 3. The minimum absolute atomic E-state index is 0.00355. The molecule has 0 saturated heterocycles. The monoisotopic (exact) mass is 244 g/mol. The maximum atomic E-state index is 13.7. The summed E-state index contributed by atoms with van der Waals surface area (Å²) in [6.45, 7) is 1.19. The fraction of sp³-hybridized carbons (Fsp3) is 0.500. The summed E-state index contributed by atoms with van der Waals surface area (Å²) in [5.41, 5.74) is 5.74. The minimum Gasteiger partial charge on any atom is -0.385 e. The molecule has 0 spiro atoms. The number of halogens is 2. The average molecular weight is 244 g/mol. The van der Waals surface area contributed by atoms with Crippen LogP contribution in [0.5, 0.6) is 0 Å². The van der Waals surface area contributed by atoms with Gasteiger partial charge in [-0.25, -0.2) is 8.78 Å². The lowest BCUT2D eigenvalue weighted by Crippen LogP contribution is -2.21. The Balaban J connectivity index is 2.80. The highest BCUT2D eigenvalue weighted by Gasteiger charge is 2.14. The SMILES string of the molecule is COCCCN(C)c1ccc(CN)c(F)c1F. The molecular weight excluding hydrogens is 226 g/mol. The molecule has 2 N–H and O–H groups in total. The van der Waals surface area contributed by atoms with E-state index in [1.807, 2.05) is 0 Å². The summed E-state index contributed by atoms with van der Waals surface area (Å²) in [4.78, 5) is 1.66. The van der Waals surface area contributed by atoms with Crippen molar-refractivity contribution < 1.29 is 13.5 Å². The predicted octanol–water partition coefficient (Wildman–Crippen LogP) is 1.90. The van der Waals surface area contributed by atoms with Crippen molar-refractivity contribution in [2.45, 2.75) is 13.0 Å². The zero-order valence-electron chi connectivity index (χ0n) is 10.2. The third-order valence-electron chi connectivity index (χ3n) is 2.62. The van der Waals surface area contributed by atoms with Gasteiger partial charge in [0.05, 0.1) is 5.69 Å². The highest BCUT2D eigenvalue weighted by atomic mass is 19.2. The van der Waals surface area contributed by atoms with Crippen molar-refractivity contribution in [3.63, 3.8) is 0 Å². The van der Waals surface area contributed by atoms with Gasteiger partial charge in [-0.2, -0.15) is 0 Å². The second-order valence-electron chi connectivity index (χ2n) is 3.84. The van der Waals surface area contributed by atoms with Gasteiger partial charge in [0.1, 0.15) is 0 Å². The summed E-state index contributed by atoms with van der Waals surface area (Å²) in [7, 11) is 3.33. The van der Waals surface area contributed by atoms with E-state index in [9.17, 15) is 8.78 Å². The number of anilines is 1. The molecule has 0 saturated carbocycles. The van der Waals surface area contributed by atoms with Crippen LogP contribution in [0.25, 0.3) is 0 Å². The van der Waals surface area contributed by atoms with Gasteiger partial charge in [-0.1, -0.05) is 6.07 Å². The maximum Gasteiger partial charge on any atom is 0.182 e. The summed E-state index contributed by atoms with van der Waals surface area (Å²) < 4.78 is 32.1. The van der Waals surface area contributed by atoms with Gasteiger partial charge in [-0.3, -0.25) is 0 Å². The van der Waals surface area contributed by atoms with Gasteiger partial charge in [0.15, 0.2) is 11.6 Å². The highest BCUT2D eigenvalue weighted by molar-refractivity contribution is 5.49. The molecular formula is C12H18F2N2O. The van der Waals surface area contributed by atoms with Crippen LogP contribution in [0.3, 0.4) is 0 Å². The van der Waals surface area contributed by atoms with Crippen LogP contribution in [0.2, 0.25) is 0 Å². The molecule has 0 aromatic heterocycles. The molecule has 17 heavy (non-hydrogen) atoms. The van der Waals surface area contributed by atoms with E-state index in [1.54, 1.807) is 25.1 Å². The third kappa shape index (κ3) is 3.38. The molecule has 1 rings (SSSR count). The highest BCUT2D eigenvalue weighted by Crippen LogP contribution is 2.23. The predicted molar refractivity (Wildman–Crippen MR) is 64.0 cm³/mol. The van der Waals surface area contributed by atoms with Crippen LogP contribution < -0.4 is 10.6 Å². The first kappa shape index (κ1) is 13.9. The van der Waals surface area contributed by atoms with Crippen LogP contribution >= 0.6 is 0 Å². The lowest BCUT2D eigenvalue weighted by Gasteiger charge is -2.20. The fourth-order valence-corrected chi connectivity index (χ4v) is 1.60. The van der Waals surface area contributed by atoms with Crippen LogP contribution in [0.1, 0.15) is 12.0 Å². The van der Waals surface area contributed by atoms with E-state index in [0.717, 1.165) is 6.42 Å². The van der Waals surface area contributed by atoms with Gasteiger partial charge in [-0.15, -0.1) is 0 Å². The molecule has 0 unspecified atom stereocenters. The second-order valence-corrected chi connectivity index (χ2v) is 3.84. The lowest BCUT2D eigenvalue weighted by molar-refractivity contribution is 0.196. The Bertz CT molecular complexity index is 372. The number of nitrogens with two attached hydrogens (primary N) is 1. The van der Waals surface area contributed by atoms with Crippen molar-refractivity contribution in [1.29, 1.82) is 0 Å². The summed E-state index contributed by atoms with van der Waals surface area (Å²) in [6, 6.07) is 3.06. The number of ether oxygens (including phenoxy) is 1. The number of methoxy groups -OCH3 is 1. The Morgan fingerprint density at radius 1 is 1.29 bits per heavy atom. The van der Waals surface area contributed by atoms with Crippen molar-refractivity contribution in [3.05, 3.63) is 29.3 Å². The van der Waals surface area contributed by atoms with E-state index < -0.39 is 11.6 Å². The van der Waals surface area contributed by atoms with Gasteiger partial charge in [0, 0.05) is 39.4 Å². The zero-order chi connectivity index (χ0) is 12.8. The van der Waals surface area contributed by atoms with E-state index in [4.69, 9.17) is 10.5 Å². The van der Waals surface area contributed by atoms with Crippen molar-refractivity contribution >= 4 is 5.69 Å². The van der Waals surface area contributed by atoms with Crippen LogP contribution in [0.15, 0.2) is 12.1 Å². The Hall–Kier alpha value is -1.20. The van der Waals surface area contributed by atoms with Crippen molar-refractivity contribution in [2.75, 3.05) is 32.2 Å². The van der Waals surface area contributed by atoms with E-state index in [0.29, 0.717) is 13.2 Å². The number of benzene rings is 1. The fourth-order valence-electron chi connectivity index (χ4n) is 1.60. The van der Waals surface area contributed by atoms with Crippen LogP contribution in [0.4, 0.5) is 14.5 Å². The number of nitrogens with zero attached hydrogens (tertiary/aromatic N) is 1. The van der Waals surface area contributed by atoms with Gasteiger partial charge in [0.2, 0.25) is 0 Å². The smallest absolute Gasteiger partial charge is 0.182 e. The lowest BCUT2D eigenvalue weighted by atomic mass is 10.1. The molecule has 5 heteroatoms. The molecule has 1 aromatic carbocycles. The van der Waals surface area contributed by atoms with Crippen LogP contribution in [0, 0.1) is 11.6 Å². The van der Waals surface area contributed by atoms with E-state index >= 15 is 0 Å². The molecule has 0 atom stereocenters. The van der Waals surface area contributed by atoms with Crippen LogP contribution in [-0.4, -0.2) is 27.3 Å². The molecule has 1 aromatic rings. The largest absolute Gasteiger partial charge is 0.385 e. The third-order valence-corrected chi connectivity index (χ3v) is 2.62. The first-order valence-electron chi connectivity index (χ1n) is 5.48. The first-order valence-corrected chi connectivity index (χ1v) is 5.48. The van der Waals surface area contributed by atoms with Crippen molar-refractivity contribution in [1.82, 2.24) is 0 Å². The number of hydrogen-bond donors (Lipinski definition) is 1. The molecule has 0 bridgehead atoms. The number of rotatable bonds is 6. The van der Waals surface area contributed by atoms with Crippen molar-refractivity contribution in [2.24, 2.45) is 5.73 Å². The normalized spacial score (nSPS) is 10.6. The molecule has 0 radical (unpaired) electrons. The zero-order valence-corrected chi connectivity index (χ0v) is 10.2. The quantitative estimate of drug-likeness (QED) is 0.777. The summed E-state index contributed by atoms with van der Waals surface area (Å²) in [6.07, 6.45) is 0.757. The molecule has 0 aliphatic carbocycles. The molecule has 0 aliphatic rings. The Labute approximate surface area is 100 Å². The standard InChI is InChI=1S/C12H18F2N2O/c1-16(6-3-7-17-2)10-5-4-9(8-15)11(13)12(10)14/h4-5H,3,6-8,15H2,1-2H3. The Morgan fingerprint density at radius 3 is 2.59 bits per heavy atom. The Kier molecular flexibility index (Phi) is 5.31. The van der Waals surface area contributed by atoms with Gasteiger partial charge >= 0.3 is 0 Å². The first-order chi connectivity index (χ1) is 8.11. The Morgan fingerprint density at radius 2 is 2.00 bits per heavy atom.